The lowest BCUT2D eigenvalue weighted by Crippen LogP contribution is -2.46. The number of amides is 1. The number of hydrogen-bond acceptors (Lipinski definition) is 3. The van der Waals surface area contributed by atoms with E-state index >= 15 is 0 Å². The molecule has 1 aliphatic carbocycles. The first-order valence-electron chi connectivity index (χ1n) is 7.77. The van der Waals surface area contributed by atoms with Gasteiger partial charge in [-0.2, -0.15) is 0 Å². The molecule has 0 aromatic carbocycles. The predicted molar refractivity (Wildman–Crippen MR) is 76.2 cm³/mol. The molecule has 0 bridgehead atoms. The molecule has 5 heteroatoms. The zero-order valence-corrected chi connectivity index (χ0v) is 12.1. The van der Waals surface area contributed by atoms with Gasteiger partial charge in [-0.3, -0.25) is 9.59 Å². The standard InChI is InChI=1S/C15H26N2O3/c16-15(7-1-2-8-15)10-13(18)17-9-3-4-12(11-17)5-6-14(19)20/h12H,1-11,16H2,(H,19,20). The van der Waals surface area contributed by atoms with E-state index in [2.05, 4.69) is 0 Å². The van der Waals surface area contributed by atoms with Crippen molar-refractivity contribution in [3.63, 3.8) is 0 Å². The molecule has 0 aromatic rings. The molecular weight excluding hydrogens is 256 g/mol. The number of piperidine rings is 1. The van der Waals surface area contributed by atoms with E-state index in [0.29, 0.717) is 25.3 Å². The van der Waals surface area contributed by atoms with Crippen LogP contribution in [0.4, 0.5) is 0 Å². The van der Waals surface area contributed by atoms with Crippen LogP contribution >= 0.6 is 0 Å². The minimum Gasteiger partial charge on any atom is -0.481 e. The minimum absolute atomic E-state index is 0.162. The molecule has 5 nitrogen and oxygen atoms in total. The Labute approximate surface area is 120 Å². The molecule has 2 aliphatic rings. The molecule has 114 valence electrons. The van der Waals surface area contributed by atoms with Crippen molar-refractivity contribution in [2.75, 3.05) is 13.1 Å². The van der Waals surface area contributed by atoms with E-state index in [4.69, 9.17) is 10.8 Å². The van der Waals surface area contributed by atoms with Crippen molar-refractivity contribution >= 4 is 11.9 Å². The summed E-state index contributed by atoms with van der Waals surface area (Å²) in [6.07, 6.45) is 7.51. The van der Waals surface area contributed by atoms with E-state index in [0.717, 1.165) is 45.1 Å². The number of carbonyl (C=O) groups excluding carboxylic acids is 1. The largest absolute Gasteiger partial charge is 0.481 e. The fourth-order valence-corrected chi connectivity index (χ4v) is 3.52. The molecule has 20 heavy (non-hydrogen) atoms. The first kappa shape index (κ1) is 15.3. The smallest absolute Gasteiger partial charge is 0.303 e. The third-order valence-corrected chi connectivity index (χ3v) is 4.74. The van der Waals surface area contributed by atoms with Crippen molar-refractivity contribution in [1.29, 1.82) is 0 Å². The maximum absolute atomic E-state index is 12.4. The van der Waals surface area contributed by atoms with Crippen LogP contribution in [0.1, 0.15) is 57.8 Å². The molecule has 1 aliphatic heterocycles. The number of carboxylic acids is 1. The fraction of sp³-hybridized carbons (Fsp3) is 0.867. The summed E-state index contributed by atoms with van der Waals surface area (Å²) in [7, 11) is 0. The van der Waals surface area contributed by atoms with Gasteiger partial charge in [-0.15, -0.1) is 0 Å². The summed E-state index contributed by atoms with van der Waals surface area (Å²) in [6.45, 7) is 1.51. The van der Waals surface area contributed by atoms with Crippen LogP contribution in [0, 0.1) is 5.92 Å². The van der Waals surface area contributed by atoms with Crippen LogP contribution in [-0.4, -0.2) is 40.5 Å². The number of aliphatic carboxylic acids is 1. The Bertz CT molecular complexity index is 364. The van der Waals surface area contributed by atoms with E-state index in [1.165, 1.54) is 0 Å². The summed E-state index contributed by atoms with van der Waals surface area (Å²) in [4.78, 5) is 24.9. The Hall–Kier alpha value is -1.10. The highest BCUT2D eigenvalue weighted by Crippen LogP contribution is 2.31. The second-order valence-corrected chi connectivity index (χ2v) is 6.53. The van der Waals surface area contributed by atoms with Gasteiger partial charge in [0.1, 0.15) is 0 Å². The van der Waals surface area contributed by atoms with Gasteiger partial charge in [0.25, 0.3) is 0 Å². The van der Waals surface area contributed by atoms with Gasteiger partial charge < -0.3 is 15.7 Å². The monoisotopic (exact) mass is 282 g/mol. The molecule has 2 fully saturated rings. The third kappa shape index (κ3) is 4.20. The van der Waals surface area contributed by atoms with Crippen LogP contribution in [0.5, 0.6) is 0 Å². The highest BCUT2D eigenvalue weighted by atomic mass is 16.4. The molecule has 1 heterocycles. The van der Waals surface area contributed by atoms with Crippen molar-refractivity contribution < 1.29 is 14.7 Å². The molecule has 0 spiro atoms. The van der Waals surface area contributed by atoms with Gasteiger partial charge in [-0.1, -0.05) is 12.8 Å². The summed E-state index contributed by atoms with van der Waals surface area (Å²) < 4.78 is 0. The van der Waals surface area contributed by atoms with Crippen molar-refractivity contribution in [1.82, 2.24) is 4.90 Å². The molecular formula is C15H26N2O3. The fourth-order valence-electron chi connectivity index (χ4n) is 3.52. The third-order valence-electron chi connectivity index (χ3n) is 4.74. The average Bonchev–Trinajstić information content (AvgIpc) is 2.83. The number of likely N-dealkylation sites (tertiary alicyclic amines) is 1. The highest BCUT2D eigenvalue weighted by molar-refractivity contribution is 5.77. The SMILES string of the molecule is NC1(CC(=O)N2CCCC(CCC(=O)O)C2)CCCC1. The number of carboxylic acid groups (broad SMARTS) is 1. The number of carbonyl (C=O) groups is 2. The van der Waals surface area contributed by atoms with Crippen molar-refractivity contribution in [3.05, 3.63) is 0 Å². The summed E-state index contributed by atoms with van der Waals surface area (Å²) >= 11 is 0. The molecule has 1 atom stereocenters. The summed E-state index contributed by atoms with van der Waals surface area (Å²) in [6, 6.07) is 0. The van der Waals surface area contributed by atoms with Gasteiger partial charge in [0.2, 0.25) is 5.91 Å². The van der Waals surface area contributed by atoms with Gasteiger partial charge in [0.05, 0.1) is 0 Å². The van der Waals surface area contributed by atoms with Crippen LogP contribution in [0.25, 0.3) is 0 Å². The van der Waals surface area contributed by atoms with Gasteiger partial charge in [0, 0.05) is 31.5 Å². The van der Waals surface area contributed by atoms with E-state index in [1.54, 1.807) is 0 Å². The lowest BCUT2D eigenvalue weighted by atomic mass is 9.90. The van der Waals surface area contributed by atoms with Crippen molar-refractivity contribution in [3.8, 4) is 0 Å². The lowest BCUT2D eigenvalue weighted by molar-refractivity contribution is -0.137. The van der Waals surface area contributed by atoms with Gasteiger partial charge in [-0.05, 0) is 38.0 Å². The Morgan fingerprint density at radius 3 is 2.60 bits per heavy atom. The van der Waals surface area contributed by atoms with Gasteiger partial charge in [0.15, 0.2) is 0 Å². The zero-order valence-electron chi connectivity index (χ0n) is 12.1. The van der Waals surface area contributed by atoms with E-state index in [1.807, 2.05) is 4.90 Å². The number of rotatable bonds is 5. The maximum Gasteiger partial charge on any atom is 0.303 e. The molecule has 1 saturated carbocycles. The molecule has 1 saturated heterocycles. The summed E-state index contributed by atoms with van der Waals surface area (Å²) in [5.41, 5.74) is 5.99. The van der Waals surface area contributed by atoms with Crippen LogP contribution in [-0.2, 0) is 9.59 Å². The number of hydrogen-bond donors (Lipinski definition) is 2. The van der Waals surface area contributed by atoms with E-state index in [-0.39, 0.29) is 17.9 Å². The Morgan fingerprint density at radius 2 is 1.95 bits per heavy atom. The first-order valence-corrected chi connectivity index (χ1v) is 7.77. The van der Waals surface area contributed by atoms with Gasteiger partial charge in [-0.25, -0.2) is 0 Å². The zero-order chi connectivity index (χ0) is 14.6. The molecule has 1 amide bonds. The first-order chi connectivity index (χ1) is 9.48. The number of nitrogens with zero attached hydrogens (tertiary/aromatic N) is 1. The quantitative estimate of drug-likeness (QED) is 0.804. The second-order valence-electron chi connectivity index (χ2n) is 6.53. The Balaban J connectivity index is 1.81. The molecule has 2 rings (SSSR count). The van der Waals surface area contributed by atoms with Crippen molar-refractivity contribution in [2.24, 2.45) is 11.7 Å². The lowest BCUT2D eigenvalue weighted by Gasteiger charge is -2.35. The highest BCUT2D eigenvalue weighted by Gasteiger charge is 2.34. The molecule has 1 unspecified atom stereocenters. The van der Waals surface area contributed by atoms with E-state index < -0.39 is 5.97 Å². The molecule has 3 N–H and O–H groups in total. The molecule has 0 radical (unpaired) electrons. The van der Waals surface area contributed by atoms with Crippen LogP contribution < -0.4 is 5.73 Å². The normalized spacial score (nSPS) is 25.6. The average molecular weight is 282 g/mol. The van der Waals surface area contributed by atoms with Crippen LogP contribution in [0.15, 0.2) is 0 Å². The second kappa shape index (κ2) is 6.57. The topological polar surface area (TPSA) is 83.6 Å². The number of nitrogens with two attached hydrogens (primary N) is 1. The Morgan fingerprint density at radius 1 is 1.25 bits per heavy atom. The predicted octanol–water partition coefficient (Wildman–Crippen LogP) is 1.75. The van der Waals surface area contributed by atoms with Gasteiger partial charge >= 0.3 is 5.97 Å². The maximum atomic E-state index is 12.4. The van der Waals surface area contributed by atoms with Crippen LogP contribution in [0.2, 0.25) is 0 Å². The minimum atomic E-state index is -0.750. The Kier molecular flexibility index (Phi) is 5.02. The molecule has 0 aromatic heterocycles. The summed E-state index contributed by atoms with van der Waals surface area (Å²) in [5, 5.41) is 8.75. The van der Waals surface area contributed by atoms with Crippen LogP contribution in [0.3, 0.4) is 0 Å². The van der Waals surface area contributed by atoms with Crippen molar-refractivity contribution in [2.45, 2.75) is 63.3 Å². The van der Waals surface area contributed by atoms with E-state index in [9.17, 15) is 9.59 Å². The summed E-state index contributed by atoms with van der Waals surface area (Å²) in [5.74, 6) is -0.254.